The Morgan fingerprint density at radius 1 is 1.12 bits per heavy atom. The number of carbonyl (C=O) groups excluding carboxylic acids is 1. The van der Waals surface area contributed by atoms with Gasteiger partial charge in [-0.2, -0.15) is 5.10 Å². The number of hydrogen-bond donors (Lipinski definition) is 2. The number of benzene rings is 2. The minimum absolute atomic E-state index is 0.215. The molecule has 0 fully saturated rings. The number of amides is 2. The third kappa shape index (κ3) is 4.42. The van der Waals surface area contributed by atoms with E-state index in [4.69, 9.17) is 0 Å². The van der Waals surface area contributed by atoms with Gasteiger partial charge in [-0.15, -0.1) is 0 Å². The fourth-order valence-electron chi connectivity index (χ4n) is 2.34. The largest absolute Gasteiger partial charge is 0.334 e. The number of aromatic nitrogens is 3. The Bertz CT molecular complexity index is 797. The van der Waals surface area contributed by atoms with Crippen molar-refractivity contribution in [2.24, 2.45) is 0 Å². The fourth-order valence-corrected chi connectivity index (χ4v) is 2.34. The molecule has 1 heterocycles. The molecule has 0 spiro atoms. The van der Waals surface area contributed by atoms with Crippen LogP contribution in [0.25, 0.3) is 0 Å². The summed E-state index contributed by atoms with van der Waals surface area (Å²) in [5.41, 5.74) is 4.07. The molecule has 0 aliphatic heterocycles. The van der Waals surface area contributed by atoms with Gasteiger partial charge in [0.2, 0.25) is 0 Å². The smallest absolute Gasteiger partial charge is 0.319 e. The monoisotopic (exact) mass is 321 g/mol. The van der Waals surface area contributed by atoms with Crippen molar-refractivity contribution >= 4 is 11.7 Å². The summed E-state index contributed by atoms with van der Waals surface area (Å²) in [4.78, 5) is 15.9. The number of urea groups is 1. The van der Waals surface area contributed by atoms with Crippen molar-refractivity contribution in [2.45, 2.75) is 20.0 Å². The van der Waals surface area contributed by atoms with Crippen LogP contribution in [0.15, 0.2) is 61.2 Å². The molecule has 0 bridgehead atoms. The van der Waals surface area contributed by atoms with Crippen molar-refractivity contribution in [1.29, 1.82) is 0 Å². The Hall–Kier alpha value is -3.15. The molecule has 24 heavy (non-hydrogen) atoms. The second-order valence-electron chi connectivity index (χ2n) is 5.59. The maximum absolute atomic E-state index is 11.9. The van der Waals surface area contributed by atoms with Gasteiger partial charge in [0.05, 0.1) is 6.54 Å². The molecule has 1 aromatic heterocycles. The zero-order chi connectivity index (χ0) is 16.8. The van der Waals surface area contributed by atoms with Crippen molar-refractivity contribution in [2.75, 3.05) is 5.32 Å². The number of hydrogen-bond acceptors (Lipinski definition) is 3. The normalized spacial score (nSPS) is 10.4. The highest BCUT2D eigenvalue weighted by Crippen LogP contribution is 2.09. The van der Waals surface area contributed by atoms with Gasteiger partial charge in [-0.25, -0.2) is 14.5 Å². The zero-order valence-corrected chi connectivity index (χ0v) is 13.4. The lowest BCUT2D eigenvalue weighted by Crippen LogP contribution is -2.28. The number of anilines is 1. The third-order valence-electron chi connectivity index (χ3n) is 3.56. The van der Waals surface area contributed by atoms with Crippen molar-refractivity contribution < 1.29 is 4.79 Å². The van der Waals surface area contributed by atoms with E-state index < -0.39 is 0 Å². The van der Waals surface area contributed by atoms with E-state index in [2.05, 4.69) is 20.7 Å². The quantitative estimate of drug-likeness (QED) is 0.759. The van der Waals surface area contributed by atoms with Crippen LogP contribution >= 0.6 is 0 Å². The van der Waals surface area contributed by atoms with Crippen LogP contribution in [0.1, 0.15) is 16.7 Å². The molecule has 6 nitrogen and oxygen atoms in total. The van der Waals surface area contributed by atoms with Gasteiger partial charge < -0.3 is 10.6 Å². The highest BCUT2D eigenvalue weighted by atomic mass is 16.2. The van der Waals surface area contributed by atoms with Crippen LogP contribution in [-0.2, 0) is 13.1 Å². The van der Waals surface area contributed by atoms with E-state index in [0.717, 1.165) is 22.4 Å². The van der Waals surface area contributed by atoms with E-state index >= 15 is 0 Å². The molecule has 0 unspecified atom stereocenters. The molecule has 2 aromatic carbocycles. The first-order chi connectivity index (χ1) is 11.7. The van der Waals surface area contributed by atoms with Crippen LogP contribution in [0, 0.1) is 6.92 Å². The lowest BCUT2D eigenvalue weighted by atomic mass is 10.1. The first-order valence-electron chi connectivity index (χ1n) is 7.71. The summed E-state index contributed by atoms with van der Waals surface area (Å²) >= 11 is 0. The molecular weight excluding hydrogens is 302 g/mol. The Morgan fingerprint density at radius 3 is 2.62 bits per heavy atom. The zero-order valence-electron chi connectivity index (χ0n) is 13.4. The molecular formula is C18H19N5O. The van der Waals surface area contributed by atoms with Crippen LogP contribution in [0.3, 0.4) is 0 Å². The second-order valence-corrected chi connectivity index (χ2v) is 5.59. The van der Waals surface area contributed by atoms with E-state index in [1.807, 2.05) is 55.5 Å². The summed E-state index contributed by atoms with van der Waals surface area (Å²) in [5, 5.41) is 9.76. The van der Waals surface area contributed by atoms with Gasteiger partial charge in [0.25, 0.3) is 0 Å². The molecule has 0 saturated carbocycles. The average Bonchev–Trinajstić information content (AvgIpc) is 3.07. The molecule has 2 amide bonds. The molecule has 0 saturated heterocycles. The number of nitrogens with zero attached hydrogens (tertiary/aromatic N) is 3. The van der Waals surface area contributed by atoms with Crippen molar-refractivity contribution in [3.05, 3.63) is 77.9 Å². The molecule has 0 radical (unpaired) electrons. The van der Waals surface area contributed by atoms with Gasteiger partial charge in [0.1, 0.15) is 12.7 Å². The van der Waals surface area contributed by atoms with Crippen LogP contribution in [0.2, 0.25) is 0 Å². The van der Waals surface area contributed by atoms with Crippen LogP contribution in [0.5, 0.6) is 0 Å². The first-order valence-corrected chi connectivity index (χ1v) is 7.71. The summed E-state index contributed by atoms with van der Waals surface area (Å²) in [6, 6.07) is 15.5. The minimum atomic E-state index is -0.215. The summed E-state index contributed by atoms with van der Waals surface area (Å²) in [5.74, 6) is 0. The van der Waals surface area contributed by atoms with Crippen molar-refractivity contribution in [1.82, 2.24) is 20.1 Å². The van der Waals surface area contributed by atoms with E-state index in [9.17, 15) is 4.79 Å². The molecule has 122 valence electrons. The van der Waals surface area contributed by atoms with Crippen LogP contribution in [-0.4, -0.2) is 20.8 Å². The highest BCUT2D eigenvalue weighted by molar-refractivity contribution is 5.89. The molecule has 0 aliphatic rings. The lowest BCUT2D eigenvalue weighted by molar-refractivity contribution is 0.251. The Labute approximate surface area is 140 Å². The summed E-state index contributed by atoms with van der Waals surface area (Å²) in [6.07, 6.45) is 3.20. The minimum Gasteiger partial charge on any atom is -0.334 e. The maximum Gasteiger partial charge on any atom is 0.319 e. The van der Waals surface area contributed by atoms with Gasteiger partial charge in [-0.3, -0.25) is 0 Å². The third-order valence-corrected chi connectivity index (χ3v) is 3.56. The Kier molecular flexibility index (Phi) is 4.86. The van der Waals surface area contributed by atoms with E-state index in [-0.39, 0.29) is 6.03 Å². The summed E-state index contributed by atoms with van der Waals surface area (Å²) in [6.45, 7) is 3.15. The number of carbonyl (C=O) groups is 1. The Balaban J connectivity index is 1.50. The van der Waals surface area contributed by atoms with Crippen molar-refractivity contribution in [3.63, 3.8) is 0 Å². The maximum atomic E-state index is 11.9. The molecule has 0 atom stereocenters. The molecule has 3 aromatic rings. The molecule has 3 rings (SSSR count). The lowest BCUT2D eigenvalue weighted by Gasteiger charge is -2.09. The van der Waals surface area contributed by atoms with E-state index in [1.165, 1.54) is 6.33 Å². The molecule has 6 heteroatoms. The van der Waals surface area contributed by atoms with Crippen molar-refractivity contribution in [3.8, 4) is 0 Å². The highest BCUT2D eigenvalue weighted by Gasteiger charge is 2.02. The topological polar surface area (TPSA) is 71.8 Å². The molecule has 2 N–H and O–H groups in total. The standard InChI is InChI=1S/C18H19N5O/c1-14-3-2-4-17(9-14)22-18(24)20-10-15-5-7-16(8-6-15)11-23-13-19-12-21-23/h2-9,12-13H,10-11H2,1H3,(H2,20,22,24). The predicted molar refractivity (Wildman–Crippen MR) is 92.6 cm³/mol. The van der Waals surface area contributed by atoms with Crippen LogP contribution < -0.4 is 10.6 Å². The fraction of sp³-hybridized carbons (Fsp3) is 0.167. The van der Waals surface area contributed by atoms with Gasteiger partial charge >= 0.3 is 6.03 Å². The summed E-state index contributed by atoms with van der Waals surface area (Å²) < 4.78 is 1.77. The number of nitrogens with one attached hydrogen (secondary N) is 2. The van der Waals surface area contributed by atoms with Gasteiger partial charge in [0.15, 0.2) is 0 Å². The Morgan fingerprint density at radius 2 is 1.92 bits per heavy atom. The second kappa shape index (κ2) is 7.41. The SMILES string of the molecule is Cc1cccc(NC(=O)NCc2ccc(Cn3cncn3)cc2)c1. The van der Waals surface area contributed by atoms with Crippen LogP contribution in [0.4, 0.5) is 10.5 Å². The first kappa shape index (κ1) is 15.7. The van der Waals surface area contributed by atoms with Gasteiger partial charge in [0, 0.05) is 12.2 Å². The van der Waals surface area contributed by atoms with Gasteiger partial charge in [-0.05, 0) is 35.7 Å². The van der Waals surface area contributed by atoms with Gasteiger partial charge in [-0.1, -0.05) is 36.4 Å². The predicted octanol–water partition coefficient (Wildman–Crippen LogP) is 2.96. The van der Waals surface area contributed by atoms with E-state index in [0.29, 0.717) is 13.1 Å². The average molecular weight is 321 g/mol. The molecule has 0 aliphatic carbocycles. The summed E-state index contributed by atoms with van der Waals surface area (Å²) in [7, 11) is 0. The number of aryl methyl sites for hydroxylation is 1. The number of rotatable bonds is 5. The van der Waals surface area contributed by atoms with E-state index in [1.54, 1.807) is 11.0 Å².